The fourth-order valence-electron chi connectivity index (χ4n) is 2.70. The van der Waals surface area contributed by atoms with Gasteiger partial charge in [0.1, 0.15) is 0 Å². The van der Waals surface area contributed by atoms with Crippen molar-refractivity contribution in [3.8, 4) is 0 Å². The summed E-state index contributed by atoms with van der Waals surface area (Å²) < 4.78 is 31.7. The summed E-state index contributed by atoms with van der Waals surface area (Å²) in [6.07, 6.45) is 2.10. The van der Waals surface area contributed by atoms with Gasteiger partial charge in [0.05, 0.1) is 10.8 Å². The van der Waals surface area contributed by atoms with E-state index in [9.17, 15) is 13.2 Å². The zero-order valence-corrected chi connectivity index (χ0v) is 15.3. The van der Waals surface area contributed by atoms with E-state index in [-0.39, 0.29) is 23.3 Å². The second-order valence-corrected chi connectivity index (χ2v) is 8.17. The molecule has 0 aromatic heterocycles. The summed E-state index contributed by atoms with van der Waals surface area (Å²) in [6.45, 7) is 1.76. The van der Waals surface area contributed by atoms with Crippen LogP contribution in [-0.4, -0.2) is 52.0 Å². The van der Waals surface area contributed by atoms with Crippen LogP contribution in [0.15, 0.2) is 29.2 Å². The molecule has 0 radical (unpaired) electrons. The van der Waals surface area contributed by atoms with Crippen LogP contribution in [0.2, 0.25) is 5.02 Å². The molecule has 1 aromatic carbocycles. The lowest BCUT2D eigenvalue weighted by Crippen LogP contribution is -2.45. The van der Waals surface area contributed by atoms with Crippen LogP contribution in [0.4, 0.5) is 0 Å². The van der Waals surface area contributed by atoms with Crippen LogP contribution in [0.1, 0.15) is 19.3 Å². The molecule has 1 N–H and O–H groups in total. The van der Waals surface area contributed by atoms with Crippen LogP contribution in [0.3, 0.4) is 0 Å². The number of methoxy groups -OCH3 is 1. The highest BCUT2D eigenvalue weighted by atomic mass is 35.5. The van der Waals surface area contributed by atoms with E-state index in [1.807, 2.05) is 0 Å². The lowest BCUT2D eigenvalue weighted by molar-refractivity contribution is -0.126. The van der Waals surface area contributed by atoms with E-state index < -0.39 is 10.0 Å². The maximum absolute atomic E-state index is 12.7. The molecule has 0 spiro atoms. The van der Waals surface area contributed by atoms with Crippen molar-refractivity contribution in [3.63, 3.8) is 0 Å². The number of sulfonamides is 1. The predicted octanol–water partition coefficient (Wildman–Crippen LogP) is 1.89. The van der Waals surface area contributed by atoms with Crippen LogP contribution in [0, 0.1) is 5.92 Å². The molecule has 0 saturated carbocycles. The number of halogens is 1. The number of carbonyl (C=O) groups is 1. The fourth-order valence-corrected chi connectivity index (χ4v) is 4.35. The Morgan fingerprint density at radius 1 is 1.38 bits per heavy atom. The molecule has 1 aromatic rings. The van der Waals surface area contributed by atoms with Crippen molar-refractivity contribution < 1.29 is 17.9 Å². The first-order valence-electron chi connectivity index (χ1n) is 7.97. The van der Waals surface area contributed by atoms with E-state index in [1.165, 1.54) is 16.4 Å². The summed E-state index contributed by atoms with van der Waals surface area (Å²) in [5, 5.41) is 3.34. The standard InChI is InChI=1S/C16H23ClN2O4S/c1-23-11-3-9-18-16(20)13-4-2-10-19(12-13)24(21,22)15-7-5-14(17)6-8-15/h5-8,13H,2-4,9-12H2,1H3,(H,18,20). The Balaban J connectivity index is 1.99. The first-order chi connectivity index (χ1) is 11.4. The number of carbonyl (C=O) groups excluding carboxylic acids is 1. The maximum atomic E-state index is 12.7. The third-order valence-corrected chi connectivity index (χ3v) is 6.16. The molecular formula is C16H23ClN2O4S. The highest BCUT2D eigenvalue weighted by Gasteiger charge is 2.33. The van der Waals surface area contributed by atoms with Gasteiger partial charge in [0.2, 0.25) is 15.9 Å². The van der Waals surface area contributed by atoms with Crippen molar-refractivity contribution in [2.24, 2.45) is 5.92 Å². The maximum Gasteiger partial charge on any atom is 0.243 e. The van der Waals surface area contributed by atoms with E-state index in [0.717, 1.165) is 6.42 Å². The lowest BCUT2D eigenvalue weighted by Gasteiger charge is -2.31. The topological polar surface area (TPSA) is 75.7 Å². The van der Waals surface area contributed by atoms with Crippen molar-refractivity contribution >= 4 is 27.5 Å². The van der Waals surface area contributed by atoms with E-state index in [2.05, 4.69) is 5.32 Å². The van der Waals surface area contributed by atoms with Gasteiger partial charge in [-0.3, -0.25) is 4.79 Å². The molecule has 8 heteroatoms. The molecule has 1 atom stereocenters. The van der Waals surface area contributed by atoms with Crippen LogP contribution in [0.25, 0.3) is 0 Å². The van der Waals surface area contributed by atoms with E-state index in [1.54, 1.807) is 19.2 Å². The molecule has 0 aliphatic carbocycles. The van der Waals surface area contributed by atoms with Crippen LogP contribution >= 0.6 is 11.6 Å². The molecule has 134 valence electrons. The summed E-state index contributed by atoms with van der Waals surface area (Å²) in [4.78, 5) is 12.4. The van der Waals surface area contributed by atoms with Crippen molar-refractivity contribution in [3.05, 3.63) is 29.3 Å². The zero-order chi connectivity index (χ0) is 17.6. The van der Waals surface area contributed by atoms with Gasteiger partial charge in [0.15, 0.2) is 0 Å². The third-order valence-electron chi connectivity index (χ3n) is 4.03. The fraction of sp³-hybridized carbons (Fsp3) is 0.562. The van der Waals surface area contributed by atoms with Gasteiger partial charge in [-0.15, -0.1) is 0 Å². The number of benzene rings is 1. The van der Waals surface area contributed by atoms with Gasteiger partial charge in [0, 0.05) is 38.4 Å². The van der Waals surface area contributed by atoms with E-state index in [0.29, 0.717) is 37.6 Å². The molecule has 1 amide bonds. The monoisotopic (exact) mass is 374 g/mol. The molecule has 1 aliphatic heterocycles. The van der Waals surface area contributed by atoms with Crippen molar-refractivity contribution in [2.75, 3.05) is 33.4 Å². The zero-order valence-electron chi connectivity index (χ0n) is 13.7. The van der Waals surface area contributed by atoms with Gasteiger partial charge < -0.3 is 10.1 Å². The first kappa shape index (κ1) is 19.2. The Hall–Kier alpha value is -1.15. The number of rotatable bonds is 7. The molecule has 1 unspecified atom stereocenters. The number of ether oxygens (including phenoxy) is 1. The Morgan fingerprint density at radius 2 is 2.08 bits per heavy atom. The van der Waals surface area contributed by atoms with Crippen LogP contribution in [0.5, 0.6) is 0 Å². The second kappa shape index (κ2) is 8.80. The number of amides is 1. The number of hydrogen-bond acceptors (Lipinski definition) is 4. The molecule has 24 heavy (non-hydrogen) atoms. The van der Waals surface area contributed by atoms with E-state index in [4.69, 9.17) is 16.3 Å². The lowest BCUT2D eigenvalue weighted by atomic mass is 9.99. The van der Waals surface area contributed by atoms with Crippen molar-refractivity contribution in [1.29, 1.82) is 0 Å². The molecule has 1 saturated heterocycles. The molecule has 1 fully saturated rings. The van der Waals surface area contributed by atoms with Gasteiger partial charge in [0.25, 0.3) is 0 Å². The average Bonchev–Trinajstić information content (AvgIpc) is 2.59. The average molecular weight is 375 g/mol. The Labute approximate surface area is 148 Å². The van der Waals surface area contributed by atoms with E-state index >= 15 is 0 Å². The highest BCUT2D eigenvalue weighted by Crippen LogP contribution is 2.24. The van der Waals surface area contributed by atoms with Crippen molar-refractivity contribution in [1.82, 2.24) is 9.62 Å². The largest absolute Gasteiger partial charge is 0.385 e. The molecule has 2 rings (SSSR count). The molecule has 1 heterocycles. The molecule has 0 bridgehead atoms. The van der Waals surface area contributed by atoms with Gasteiger partial charge in [-0.2, -0.15) is 4.31 Å². The Morgan fingerprint density at radius 3 is 2.75 bits per heavy atom. The quantitative estimate of drug-likeness (QED) is 0.739. The predicted molar refractivity (Wildman–Crippen MR) is 92.4 cm³/mol. The minimum absolute atomic E-state index is 0.0953. The summed E-state index contributed by atoms with van der Waals surface area (Å²) in [6, 6.07) is 6.09. The number of nitrogens with one attached hydrogen (secondary N) is 1. The summed E-state index contributed by atoms with van der Waals surface area (Å²) in [5.41, 5.74) is 0. The van der Waals surface area contributed by atoms with Gasteiger partial charge in [-0.25, -0.2) is 8.42 Å². The van der Waals surface area contributed by atoms with Crippen molar-refractivity contribution in [2.45, 2.75) is 24.2 Å². The smallest absolute Gasteiger partial charge is 0.243 e. The molecular weight excluding hydrogens is 352 g/mol. The van der Waals surface area contributed by atoms with Gasteiger partial charge in [-0.1, -0.05) is 11.6 Å². The SMILES string of the molecule is COCCCNC(=O)C1CCCN(S(=O)(=O)c2ccc(Cl)cc2)C1. The summed E-state index contributed by atoms with van der Waals surface area (Å²) in [7, 11) is -1.99. The van der Waals surface area contributed by atoms with Gasteiger partial charge in [-0.05, 0) is 43.5 Å². The number of nitrogens with zero attached hydrogens (tertiary/aromatic N) is 1. The van der Waals surface area contributed by atoms with Crippen LogP contribution in [-0.2, 0) is 19.6 Å². The summed E-state index contributed by atoms with van der Waals surface area (Å²) >= 11 is 5.81. The first-order valence-corrected chi connectivity index (χ1v) is 9.79. The summed E-state index contributed by atoms with van der Waals surface area (Å²) in [5.74, 6) is -0.412. The minimum atomic E-state index is -3.60. The third kappa shape index (κ3) is 4.92. The Bertz CT molecular complexity index is 649. The number of piperidine rings is 1. The Kier molecular flexibility index (Phi) is 7.03. The van der Waals surface area contributed by atoms with Gasteiger partial charge >= 0.3 is 0 Å². The highest BCUT2D eigenvalue weighted by molar-refractivity contribution is 7.89. The number of hydrogen-bond donors (Lipinski definition) is 1. The normalized spacial score (nSPS) is 19.2. The van der Waals surface area contributed by atoms with Crippen LogP contribution < -0.4 is 5.32 Å². The second-order valence-electron chi connectivity index (χ2n) is 5.79. The minimum Gasteiger partial charge on any atom is -0.385 e. The molecule has 6 nitrogen and oxygen atoms in total. The molecule has 1 aliphatic rings.